The van der Waals surface area contributed by atoms with Crippen molar-refractivity contribution in [3.63, 3.8) is 0 Å². The maximum atomic E-state index is 12.1. The van der Waals surface area contributed by atoms with E-state index in [2.05, 4.69) is 17.4 Å². The Bertz CT molecular complexity index is 611. The number of nitrogens with one attached hydrogen (secondary N) is 1. The zero-order valence-corrected chi connectivity index (χ0v) is 12.6. The molecule has 4 fully saturated rings. The molecule has 1 amide bonds. The molecule has 1 saturated heterocycles. The zero-order valence-electron chi connectivity index (χ0n) is 12.6. The molecule has 4 nitrogen and oxygen atoms in total. The summed E-state index contributed by atoms with van der Waals surface area (Å²) in [6, 6.07) is 10.7. The summed E-state index contributed by atoms with van der Waals surface area (Å²) < 4.78 is 6.08. The van der Waals surface area contributed by atoms with Crippen LogP contribution in [-0.4, -0.2) is 24.1 Å². The number of ether oxygens (including phenoxy) is 1. The highest BCUT2D eigenvalue weighted by Gasteiger charge is 2.74. The van der Waals surface area contributed by atoms with Crippen molar-refractivity contribution in [2.75, 3.05) is 0 Å². The van der Waals surface area contributed by atoms with Gasteiger partial charge < -0.3 is 15.8 Å². The van der Waals surface area contributed by atoms with Crippen LogP contribution in [0.3, 0.4) is 0 Å². The highest BCUT2D eigenvalue weighted by molar-refractivity contribution is 5.83. The third-order valence-corrected chi connectivity index (χ3v) is 6.80. The fourth-order valence-electron chi connectivity index (χ4n) is 5.94. The highest BCUT2D eigenvalue weighted by atomic mass is 16.5. The Morgan fingerprint density at radius 2 is 2.05 bits per heavy atom. The number of carbonyl (C=O) groups excluding carboxylic acids is 1. The molecule has 116 valence electrons. The second-order valence-corrected chi connectivity index (χ2v) is 7.65. The predicted octanol–water partition coefficient (Wildman–Crippen LogP) is 1.44. The van der Waals surface area contributed by atoms with E-state index >= 15 is 0 Å². The number of benzene rings is 1. The monoisotopic (exact) mass is 298 g/mol. The van der Waals surface area contributed by atoms with Gasteiger partial charge in [-0.2, -0.15) is 0 Å². The van der Waals surface area contributed by atoms with Gasteiger partial charge in [0.15, 0.2) is 0 Å². The average molecular weight is 298 g/mol. The van der Waals surface area contributed by atoms with Crippen molar-refractivity contribution in [2.45, 2.75) is 44.1 Å². The SMILES string of the molecule is N[C@@H]1[C@H]2NC(=O)[C@H]3C[C@H]1C1(CC(OCc4ccccc4)C1)[C@@H]23. The van der Waals surface area contributed by atoms with E-state index in [1.54, 1.807) is 0 Å². The van der Waals surface area contributed by atoms with Crippen molar-refractivity contribution in [3.8, 4) is 0 Å². The second kappa shape index (κ2) is 4.33. The van der Waals surface area contributed by atoms with Gasteiger partial charge in [0.05, 0.1) is 12.7 Å². The zero-order chi connectivity index (χ0) is 14.9. The first kappa shape index (κ1) is 13.1. The van der Waals surface area contributed by atoms with E-state index in [4.69, 9.17) is 10.5 Å². The molecule has 0 radical (unpaired) electrons. The quantitative estimate of drug-likeness (QED) is 0.887. The summed E-state index contributed by atoms with van der Waals surface area (Å²) in [4.78, 5) is 12.1. The number of carbonyl (C=O) groups is 1. The van der Waals surface area contributed by atoms with E-state index in [-0.39, 0.29) is 29.3 Å². The topological polar surface area (TPSA) is 64.3 Å². The lowest BCUT2D eigenvalue weighted by Crippen LogP contribution is -2.47. The molecule has 1 aromatic rings. The minimum absolute atomic E-state index is 0.155. The molecule has 4 heteroatoms. The van der Waals surface area contributed by atoms with Crippen LogP contribution < -0.4 is 11.1 Å². The van der Waals surface area contributed by atoms with Crippen LogP contribution >= 0.6 is 0 Å². The van der Waals surface area contributed by atoms with Gasteiger partial charge in [0.25, 0.3) is 0 Å². The van der Waals surface area contributed by atoms with Crippen molar-refractivity contribution in [2.24, 2.45) is 28.9 Å². The molecule has 22 heavy (non-hydrogen) atoms. The molecule has 2 bridgehead atoms. The lowest BCUT2D eigenvalue weighted by Gasteiger charge is -2.49. The van der Waals surface area contributed by atoms with E-state index < -0.39 is 0 Å². The van der Waals surface area contributed by atoms with E-state index in [1.807, 2.05) is 18.2 Å². The van der Waals surface area contributed by atoms with Gasteiger partial charge in [0.2, 0.25) is 5.91 Å². The van der Waals surface area contributed by atoms with Crippen LogP contribution in [0.1, 0.15) is 24.8 Å². The molecule has 0 aromatic heterocycles. The van der Waals surface area contributed by atoms with Crippen LogP contribution in [0.4, 0.5) is 0 Å². The molecule has 5 rings (SSSR count). The average Bonchev–Trinajstić information content (AvgIpc) is 3.04. The summed E-state index contributed by atoms with van der Waals surface area (Å²) in [5.74, 6) is 1.46. The largest absolute Gasteiger partial charge is 0.374 e. The van der Waals surface area contributed by atoms with Crippen LogP contribution in [-0.2, 0) is 16.1 Å². The maximum Gasteiger partial charge on any atom is 0.223 e. The van der Waals surface area contributed by atoms with Crippen LogP contribution in [0, 0.1) is 23.2 Å². The summed E-state index contributed by atoms with van der Waals surface area (Å²) in [7, 11) is 0. The molecule has 0 unspecified atom stereocenters. The fraction of sp³-hybridized carbons (Fsp3) is 0.611. The second-order valence-electron chi connectivity index (χ2n) is 7.65. The molecular formula is C18H22N2O2. The van der Waals surface area contributed by atoms with E-state index in [1.165, 1.54) is 5.56 Å². The molecule has 1 heterocycles. The van der Waals surface area contributed by atoms with E-state index in [0.717, 1.165) is 19.3 Å². The third kappa shape index (κ3) is 1.52. The van der Waals surface area contributed by atoms with Gasteiger partial charge in [0, 0.05) is 18.0 Å². The van der Waals surface area contributed by atoms with Gasteiger partial charge >= 0.3 is 0 Å². The Morgan fingerprint density at radius 1 is 1.27 bits per heavy atom. The van der Waals surface area contributed by atoms with Gasteiger partial charge in [-0.25, -0.2) is 0 Å². The standard InChI is InChI=1S/C18H22N2O2/c19-15-13-6-12-14(16(15)20-17(12)21)18(13)7-11(8-18)22-9-10-4-2-1-3-5-10/h1-5,11-16H,6-9,19H2,(H,20,21)/t11?,12-,13+,14+,15-,16-,18?/m0/s1. The summed E-state index contributed by atoms with van der Waals surface area (Å²) in [6.07, 6.45) is 3.51. The van der Waals surface area contributed by atoms with Crippen LogP contribution in [0.5, 0.6) is 0 Å². The molecule has 1 aromatic carbocycles. The van der Waals surface area contributed by atoms with Crippen molar-refractivity contribution in [1.82, 2.24) is 5.32 Å². The van der Waals surface area contributed by atoms with E-state index in [0.29, 0.717) is 24.5 Å². The fourth-order valence-corrected chi connectivity index (χ4v) is 5.94. The Kier molecular flexibility index (Phi) is 2.57. The summed E-state index contributed by atoms with van der Waals surface area (Å²) in [5, 5.41) is 3.15. The molecule has 5 atom stereocenters. The minimum atomic E-state index is 0.155. The summed E-state index contributed by atoms with van der Waals surface area (Å²) in [6.45, 7) is 0.688. The summed E-state index contributed by atoms with van der Waals surface area (Å²) in [5.41, 5.74) is 7.92. The summed E-state index contributed by atoms with van der Waals surface area (Å²) >= 11 is 0. The smallest absolute Gasteiger partial charge is 0.223 e. The van der Waals surface area contributed by atoms with Gasteiger partial charge in [-0.3, -0.25) is 4.79 Å². The number of hydrogen-bond acceptors (Lipinski definition) is 3. The first-order chi connectivity index (χ1) is 10.7. The first-order valence-electron chi connectivity index (χ1n) is 8.40. The van der Waals surface area contributed by atoms with Crippen molar-refractivity contribution in [3.05, 3.63) is 35.9 Å². The van der Waals surface area contributed by atoms with Gasteiger partial charge in [0.1, 0.15) is 0 Å². The predicted molar refractivity (Wildman–Crippen MR) is 81.7 cm³/mol. The minimum Gasteiger partial charge on any atom is -0.374 e. The van der Waals surface area contributed by atoms with Crippen molar-refractivity contribution < 1.29 is 9.53 Å². The first-order valence-corrected chi connectivity index (χ1v) is 8.40. The van der Waals surface area contributed by atoms with E-state index in [9.17, 15) is 4.79 Å². The van der Waals surface area contributed by atoms with Crippen LogP contribution in [0.2, 0.25) is 0 Å². The number of nitrogens with two attached hydrogens (primary N) is 1. The number of hydrogen-bond donors (Lipinski definition) is 2. The Hall–Kier alpha value is -1.39. The molecule has 4 aliphatic rings. The lowest BCUT2D eigenvalue weighted by molar-refractivity contribution is -0.125. The van der Waals surface area contributed by atoms with Gasteiger partial charge in [-0.1, -0.05) is 30.3 Å². The third-order valence-electron chi connectivity index (χ3n) is 6.80. The van der Waals surface area contributed by atoms with Crippen molar-refractivity contribution in [1.29, 1.82) is 0 Å². The number of amides is 1. The molecule has 1 aliphatic heterocycles. The molecule has 3 N–H and O–H groups in total. The highest BCUT2D eigenvalue weighted by Crippen LogP contribution is 2.70. The van der Waals surface area contributed by atoms with Gasteiger partial charge in [-0.15, -0.1) is 0 Å². The number of rotatable bonds is 3. The van der Waals surface area contributed by atoms with Crippen molar-refractivity contribution >= 4 is 5.91 Å². The maximum absolute atomic E-state index is 12.1. The molecular weight excluding hydrogens is 276 g/mol. The molecule has 3 aliphatic carbocycles. The van der Waals surface area contributed by atoms with Gasteiger partial charge in [-0.05, 0) is 42.1 Å². The van der Waals surface area contributed by atoms with Crippen LogP contribution in [0.15, 0.2) is 30.3 Å². The normalized spacial score (nSPS) is 47.8. The Morgan fingerprint density at radius 3 is 2.82 bits per heavy atom. The molecule has 1 spiro atoms. The Balaban J connectivity index is 1.27. The van der Waals surface area contributed by atoms with Crippen LogP contribution in [0.25, 0.3) is 0 Å². The molecule has 3 saturated carbocycles. The lowest BCUT2D eigenvalue weighted by atomic mass is 9.59. The Labute approximate surface area is 130 Å².